The van der Waals surface area contributed by atoms with Crippen LogP contribution in [0.4, 0.5) is 15.1 Å². The lowest BCUT2D eigenvalue weighted by Gasteiger charge is -2.31. The third-order valence-corrected chi connectivity index (χ3v) is 6.66. The van der Waals surface area contributed by atoms with E-state index in [2.05, 4.69) is 52.9 Å². The highest BCUT2D eigenvalue weighted by atomic mass is 32.1. The Morgan fingerprint density at radius 2 is 1.94 bits per heavy atom. The molecular formula is C21H26N6O2S2. The molecule has 1 aliphatic rings. The van der Waals surface area contributed by atoms with Gasteiger partial charge in [-0.15, -0.1) is 10.2 Å². The molecule has 10 heteroatoms. The number of hydrogen-bond donors (Lipinski definition) is 0. The Hall–Kier alpha value is -2.64. The van der Waals surface area contributed by atoms with Gasteiger partial charge < -0.3 is 9.64 Å². The minimum Gasteiger partial charge on any atom is -0.459 e. The number of anilines is 1. The zero-order valence-electron chi connectivity index (χ0n) is 18.4. The Bertz CT molecular complexity index is 1050. The lowest BCUT2D eigenvalue weighted by Crippen LogP contribution is -2.38. The third-order valence-electron chi connectivity index (χ3n) is 4.83. The van der Waals surface area contributed by atoms with Crippen molar-refractivity contribution in [3.8, 4) is 6.07 Å². The number of aryl methyl sites for hydroxylation is 1. The maximum Gasteiger partial charge on any atom is 0.333 e. The summed E-state index contributed by atoms with van der Waals surface area (Å²) in [5.41, 5.74) is 2.20. The van der Waals surface area contributed by atoms with Gasteiger partial charge >= 0.3 is 5.97 Å². The van der Waals surface area contributed by atoms with Gasteiger partial charge in [0.1, 0.15) is 17.7 Å². The lowest BCUT2D eigenvalue weighted by atomic mass is 9.93. The highest BCUT2D eigenvalue weighted by Crippen LogP contribution is 2.42. The van der Waals surface area contributed by atoms with Crippen LogP contribution in [0.15, 0.2) is 22.4 Å². The highest BCUT2D eigenvalue weighted by Gasteiger charge is 2.29. The van der Waals surface area contributed by atoms with E-state index in [9.17, 15) is 10.1 Å². The van der Waals surface area contributed by atoms with Crippen molar-refractivity contribution in [2.75, 3.05) is 18.0 Å². The van der Waals surface area contributed by atoms with E-state index in [-0.39, 0.29) is 17.5 Å². The molecule has 0 amide bonds. The SMILES string of the molecule is C=C(C)C(=O)OC1CCN(c2nc(C(C)(C)C)c(N=Nc3snc(C)c3C#N)s2)CC1. The number of carbonyl (C=O) groups excluding carboxylic acids is 1. The predicted molar refractivity (Wildman–Crippen MR) is 123 cm³/mol. The van der Waals surface area contributed by atoms with Crippen molar-refractivity contribution < 1.29 is 9.53 Å². The summed E-state index contributed by atoms with van der Waals surface area (Å²) in [5, 5.41) is 20.2. The summed E-state index contributed by atoms with van der Waals surface area (Å²) in [4.78, 5) is 18.8. The summed E-state index contributed by atoms with van der Waals surface area (Å²) >= 11 is 2.65. The summed E-state index contributed by atoms with van der Waals surface area (Å²) in [6, 6.07) is 2.14. The summed E-state index contributed by atoms with van der Waals surface area (Å²) in [7, 11) is 0. The van der Waals surface area contributed by atoms with E-state index in [4.69, 9.17) is 9.72 Å². The fourth-order valence-corrected chi connectivity index (χ4v) is 4.88. The molecule has 2 aromatic rings. The summed E-state index contributed by atoms with van der Waals surface area (Å²) in [5.74, 6) is -0.333. The smallest absolute Gasteiger partial charge is 0.333 e. The van der Waals surface area contributed by atoms with Gasteiger partial charge in [0.2, 0.25) is 0 Å². The van der Waals surface area contributed by atoms with Crippen LogP contribution in [-0.2, 0) is 14.9 Å². The molecule has 0 bridgehead atoms. The van der Waals surface area contributed by atoms with Crippen LogP contribution in [0.5, 0.6) is 0 Å². The number of piperidine rings is 1. The molecule has 0 aliphatic carbocycles. The van der Waals surface area contributed by atoms with Crippen molar-refractivity contribution in [2.24, 2.45) is 10.2 Å². The molecule has 3 heterocycles. The second kappa shape index (κ2) is 9.24. The molecule has 1 aliphatic heterocycles. The van der Waals surface area contributed by atoms with Crippen molar-refractivity contribution >= 4 is 44.0 Å². The molecule has 1 saturated heterocycles. The van der Waals surface area contributed by atoms with Crippen molar-refractivity contribution in [3.05, 3.63) is 29.1 Å². The minimum absolute atomic E-state index is 0.0966. The Morgan fingerprint density at radius 3 is 2.52 bits per heavy atom. The van der Waals surface area contributed by atoms with Gasteiger partial charge in [-0.25, -0.2) is 9.78 Å². The van der Waals surface area contributed by atoms with Crippen LogP contribution in [0, 0.1) is 18.3 Å². The second-order valence-corrected chi connectivity index (χ2v) is 10.2. The van der Waals surface area contributed by atoms with Gasteiger partial charge in [0, 0.05) is 36.9 Å². The van der Waals surface area contributed by atoms with E-state index in [0.717, 1.165) is 41.8 Å². The fraction of sp³-hybridized carbons (Fsp3) is 0.524. The number of azo groups is 1. The quantitative estimate of drug-likeness (QED) is 0.329. The molecule has 0 radical (unpaired) electrons. The Morgan fingerprint density at radius 1 is 1.29 bits per heavy atom. The first-order chi connectivity index (χ1) is 14.6. The van der Waals surface area contributed by atoms with Crippen molar-refractivity contribution in [2.45, 2.75) is 59.0 Å². The molecule has 0 aromatic carbocycles. The topological polar surface area (TPSA) is 104 Å². The molecule has 8 nitrogen and oxygen atoms in total. The Labute approximate surface area is 190 Å². The number of nitrogens with zero attached hydrogens (tertiary/aromatic N) is 6. The van der Waals surface area contributed by atoms with Gasteiger partial charge in [0.05, 0.1) is 11.4 Å². The average molecular weight is 459 g/mol. The van der Waals surface area contributed by atoms with E-state index >= 15 is 0 Å². The van der Waals surface area contributed by atoms with E-state index < -0.39 is 0 Å². The van der Waals surface area contributed by atoms with Crippen LogP contribution >= 0.6 is 22.9 Å². The zero-order chi connectivity index (χ0) is 22.8. The predicted octanol–water partition coefficient (Wildman–Crippen LogP) is 5.58. The normalized spacial score (nSPS) is 15.3. The van der Waals surface area contributed by atoms with Gasteiger partial charge in [-0.05, 0) is 25.4 Å². The maximum atomic E-state index is 11.8. The van der Waals surface area contributed by atoms with Crippen molar-refractivity contribution in [1.82, 2.24) is 9.36 Å². The van der Waals surface area contributed by atoms with Crippen molar-refractivity contribution in [1.29, 1.82) is 5.26 Å². The standard InChI is InChI=1S/C21H26N6O2S2/c1-12(2)19(28)29-14-7-9-27(10-8-14)20-23-16(21(4,5)6)18(30-20)25-24-17-15(11-22)13(3)26-31-17/h14H,1,7-10H2,2-6H3. The van der Waals surface area contributed by atoms with Crippen LogP contribution in [-0.4, -0.2) is 34.5 Å². The number of carbonyl (C=O) groups is 1. The lowest BCUT2D eigenvalue weighted by molar-refractivity contribution is -0.145. The Kier molecular flexibility index (Phi) is 6.86. The van der Waals surface area contributed by atoms with Crippen LogP contribution in [0.2, 0.25) is 0 Å². The number of aromatic nitrogens is 2. The Balaban J connectivity index is 1.78. The maximum absolute atomic E-state index is 11.8. The van der Waals surface area contributed by atoms with Crippen LogP contribution in [0.3, 0.4) is 0 Å². The minimum atomic E-state index is -0.333. The fourth-order valence-electron chi connectivity index (χ4n) is 3.06. The van der Waals surface area contributed by atoms with E-state index in [0.29, 0.717) is 21.8 Å². The van der Waals surface area contributed by atoms with E-state index in [1.54, 1.807) is 13.8 Å². The molecule has 3 rings (SSSR count). The third kappa shape index (κ3) is 5.35. The zero-order valence-corrected chi connectivity index (χ0v) is 20.1. The van der Waals surface area contributed by atoms with E-state index in [1.807, 2.05) is 0 Å². The van der Waals surface area contributed by atoms with Gasteiger partial charge in [-0.1, -0.05) is 38.7 Å². The first-order valence-corrected chi connectivity index (χ1v) is 11.6. The summed E-state index contributed by atoms with van der Waals surface area (Å²) in [6.07, 6.45) is 1.39. The molecule has 0 N–H and O–H groups in total. The molecule has 164 valence electrons. The summed E-state index contributed by atoms with van der Waals surface area (Å²) in [6.45, 7) is 14.8. The van der Waals surface area contributed by atoms with Crippen LogP contribution < -0.4 is 4.90 Å². The molecule has 0 unspecified atom stereocenters. The molecular weight excluding hydrogens is 432 g/mol. The summed E-state index contributed by atoms with van der Waals surface area (Å²) < 4.78 is 9.68. The molecule has 0 spiro atoms. The first-order valence-electron chi connectivity index (χ1n) is 10.0. The molecule has 0 atom stereocenters. The number of ether oxygens (including phenoxy) is 1. The second-order valence-electron chi connectivity index (χ2n) is 8.53. The molecule has 1 fully saturated rings. The van der Waals surface area contributed by atoms with Gasteiger partial charge in [0.15, 0.2) is 15.1 Å². The molecule has 31 heavy (non-hydrogen) atoms. The van der Waals surface area contributed by atoms with Gasteiger partial charge in [-0.3, -0.25) is 0 Å². The first kappa shape index (κ1) is 23.0. The van der Waals surface area contributed by atoms with Gasteiger partial charge in [0.25, 0.3) is 0 Å². The highest BCUT2D eigenvalue weighted by molar-refractivity contribution is 7.19. The van der Waals surface area contributed by atoms with E-state index in [1.165, 1.54) is 22.9 Å². The number of nitriles is 1. The van der Waals surface area contributed by atoms with Gasteiger partial charge in [-0.2, -0.15) is 9.64 Å². The number of rotatable bonds is 5. The van der Waals surface area contributed by atoms with Crippen LogP contribution in [0.25, 0.3) is 0 Å². The van der Waals surface area contributed by atoms with Crippen molar-refractivity contribution in [3.63, 3.8) is 0 Å². The molecule has 0 saturated carbocycles. The number of hydrogen-bond acceptors (Lipinski definition) is 10. The van der Waals surface area contributed by atoms with Crippen LogP contribution in [0.1, 0.15) is 57.5 Å². The number of esters is 1. The molecule has 2 aromatic heterocycles. The monoisotopic (exact) mass is 458 g/mol. The number of thiazole rings is 1. The average Bonchev–Trinajstić information content (AvgIpc) is 3.30. The largest absolute Gasteiger partial charge is 0.459 e.